The Balaban J connectivity index is 0.00000180. The molecule has 0 radical (unpaired) electrons. The zero-order valence-corrected chi connectivity index (χ0v) is 13.7. The van der Waals surface area contributed by atoms with Crippen molar-refractivity contribution in [2.24, 2.45) is 7.05 Å². The van der Waals surface area contributed by atoms with Gasteiger partial charge in [0.15, 0.2) is 0 Å². The van der Waals surface area contributed by atoms with Crippen molar-refractivity contribution in [2.45, 2.75) is 6.61 Å². The van der Waals surface area contributed by atoms with Crippen LogP contribution in [0.5, 0.6) is 5.75 Å². The third-order valence-electron chi connectivity index (χ3n) is 2.27. The van der Waals surface area contributed by atoms with Crippen LogP contribution in [0.15, 0.2) is 30.5 Å². The first-order valence-electron chi connectivity index (χ1n) is 5.23. The van der Waals surface area contributed by atoms with Crippen molar-refractivity contribution >= 4 is 12.4 Å². The van der Waals surface area contributed by atoms with E-state index >= 15 is 0 Å². The minimum absolute atomic E-state index is 0. The molecule has 0 unspecified atom stereocenters. The number of hydrogen-bond acceptors (Lipinski definition) is 3. The van der Waals surface area contributed by atoms with Gasteiger partial charge >= 0.3 is 58.4 Å². The molecule has 9 heteroatoms. The van der Waals surface area contributed by atoms with Crippen LogP contribution >= 0.6 is 0 Å². The molecule has 0 aliphatic rings. The summed E-state index contributed by atoms with van der Waals surface area (Å²) < 4.78 is 44.3. The van der Waals surface area contributed by atoms with Crippen LogP contribution in [0.25, 0.3) is 0 Å². The van der Waals surface area contributed by atoms with Crippen molar-refractivity contribution in [2.75, 3.05) is 0 Å². The number of rotatable bonds is 4. The van der Waals surface area contributed by atoms with E-state index in [1.165, 1.54) is 16.8 Å². The predicted molar refractivity (Wildman–Crippen MR) is 60.5 cm³/mol. The number of ether oxygens (including phenoxy) is 1. The van der Waals surface area contributed by atoms with Crippen LogP contribution in [0.4, 0.5) is 12.9 Å². The molecule has 1 heterocycles. The fourth-order valence-electron chi connectivity index (χ4n) is 1.43. The number of nitrogens with zero attached hydrogens (tertiary/aromatic N) is 3. The third kappa shape index (κ3) is 4.92. The first-order valence-corrected chi connectivity index (χ1v) is 5.23. The molecule has 0 N–H and O–H groups in total. The molecule has 19 heavy (non-hydrogen) atoms. The fraction of sp³-hybridized carbons (Fsp3) is 0.200. The predicted octanol–water partition coefficient (Wildman–Crippen LogP) is -1.55. The molecule has 4 nitrogen and oxygen atoms in total. The minimum Gasteiger partial charge on any atom is -0.487 e. The van der Waals surface area contributed by atoms with Crippen LogP contribution in [0, 0.1) is 0 Å². The molecule has 0 fully saturated rings. The van der Waals surface area contributed by atoms with Gasteiger partial charge in [-0.25, -0.2) is 0 Å². The normalized spacial score (nSPS) is 10.9. The summed E-state index contributed by atoms with van der Waals surface area (Å²) in [6.45, 7) is -4.92. The third-order valence-corrected chi connectivity index (χ3v) is 2.27. The maximum absolute atomic E-state index is 12.5. The van der Waals surface area contributed by atoms with Crippen molar-refractivity contribution in [1.29, 1.82) is 0 Å². The van der Waals surface area contributed by atoms with E-state index in [2.05, 4.69) is 10.3 Å². The standard InChI is InChI=1S/C10H10BF3N3O.K/c1-17-6-9(15-16-17)7-18-10-4-2-3-8(5-10)11(12,13)14;/h2-6H,7H2,1H3;/q-1;+1. The number of benzene rings is 1. The van der Waals surface area contributed by atoms with Crippen molar-refractivity contribution in [3.05, 3.63) is 36.2 Å². The first-order chi connectivity index (χ1) is 8.45. The Morgan fingerprint density at radius 1 is 1.32 bits per heavy atom. The maximum Gasteiger partial charge on any atom is 1.00 e. The second-order valence-corrected chi connectivity index (χ2v) is 3.82. The molecule has 0 atom stereocenters. The van der Waals surface area contributed by atoms with E-state index in [0.29, 0.717) is 5.69 Å². The van der Waals surface area contributed by atoms with Crippen LogP contribution in [0.1, 0.15) is 5.69 Å². The summed E-state index contributed by atoms with van der Waals surface area (Å²) in [6.07, 6.45) is 1.64. The van der Waals surface area contributed by atoms with Gasteiger partial charge in [0.25, 0.3) is 0 Å². The molecule has 0 amide bonds. The average molecular weight is 295 g/mol. The van der Waals surface area contributed by atoms with Gasteiger partial charge in [0, 0.05) is 7.05 Å². The minimum atomic E-state index is -5.00. The monoisotopic (exact) mass is 295 g/mol. The van der Waals surface area contributed by atoms with Crippen molar-refractivity contribution in [1.82, 2.24) is 15.0 Å². The van der Waals surface area contributed by atoms with Gasteiger partial charge in [-0.3, -0.25) is 4.68 Å². The topological polar surface area (TPSA) is 39.9 Å². The summed E-state index contributed by atoms with van der Waals surface area (Å²) in [5.74, 6) is 0.164. The van der Waals surface area contributed by atoms with Gasteiger partial charge in [-0.15, -0.1) is 10.6 Å². The molecule has 1 aromatic heterocycles. The second-order valence-electron chi connectivity index (χ2n) is 3.82. The molecule has 0 bridgehead atoms. The SMILES string of the molecule is Cn1cc(COc2cccc([B-](F)(F)F)c2)nn1.[K+]. The van der Waals surface area contributed by atoms with Crippen LogP contribution in [0.2, 0.25) is 0 Å². The summed E-state index contributed by atoms with van der Waals surface area (Å²) >= 11 is 0. The van der Waals surface area contributed by atoms with E-state index in [0.717, 1.165) is 12.1 Å². The van der Waals surface area contributed by atoms with E-state index < -0.39 is 12.4 Å². The molecular formula is C10H10BF3KN3O. The Hall–Kier alpha value is -0.349. The largest absolute Gasteiger partial charge is 1.00 e. The Morgan fingerprint density at radius 2 is 2.05 bits per heavy atom. The molecule has 0 spiro atoms. The maximum atomic E-state index is 12.5. The van der Waals surface area contributed by atoms with Crippen molar-refractivity contribution < 1.29 is 69.1 Å². The average Bonchev–Trinajstić information content (AvgIpc) is 2.72. The van der Waals surface area contributed by atoms with Crippen LogP contribution in [0.3, 0.4) is 0 Å². The Morgan fingerprint density at radius 3 is 2.63 bits per heavy atom. The number of aryl methyl sites for hydroxylation is 1. The smallest absolute Gasteiger partial charge is 0.487 e. The van der Waals surface area contributed by atoms with Crippen molar-refractivity contribution in [3.8, 4) is 5.75 Å². The van der Waals surface area contributed by atoms with Gasteiger partial charge in [-0.1, -0.05) is 17.3 Å². The fourth-order valence-corrected chi connectivity index (χ4v) is 1.43. The molecular weight excluding hydrogens is 285 g/mol. The number of hydrogen-bond donors (Lipinski definition) is 0. The Labute approximate surface area is 150 Å². The summed E-state index contributed by atoms with van der Waals surface area (Å²) in [5, 5.41) is 7.47. The van der Waals surface area contributed by atoms with Gasteiger partial charge in [-0.05, 0) is 12.1 Å². The molecule has 2 rings (SSSR count). The molecule has 0 aliphatic carbocycles. The van der Waals surface area contributed by atoms with Gasteiger partial charge in [-0.2, -0.15) is 0 Å². The summed E-state index contributed by atoms with van der Waals surface area (Å²) in [5.41, 5.74) is -0.118. The van der Waals surface area contributed by atoms with Gasteiger partial charge < -0.3 is 17.7 Å². The van der Waals surface area contributed by atoms with Gasteiger partial charge in [0.05, 0.1) is 6.20 Å². The molecule has 96 valence electrons. The quantitative estimate of drug-likeness (QED) is 0.641. The van der Waals surface area contributed by atoms with Crippen LogP contribution in [-0.4, -0.2) is 22.0 Å². The first kappa shape index (κ1) is 16.7. The van der Waals surface area contributed by atoms with Crippen LogP contribution < -0.4 is 61.6 Å². The molecule has 0 saturated carbocycles. The van der Waals surface area contributed by atoms with E-state index in [1.807, 2.05) is 0 Å². The Bertz CT molecular complexity index is 547. The molecule has 2 aromatic rings. The molecule has 1 aromatic carbocycles. The van der Waals surface area contributed by atoms with Crippen LogP contribution in [-0.2, 0) is 13.7 Å². The van der Waals surface area contributed by atoms with E-state index in [-0.39, 0.29) is 63.7 Å². The van der Waals surface area contributed by atoms with Gasteiger partial charge in [0.2, 0.25) is 0 Å². The van der Waals surface area contributed by atoms with Gasteiger partial charge in [0.1, 0.15) is 18.1 Å². The second kappa shape index (κ2) is 6.89. The van der Waals surface area contributed by atoms with E-state index in [9.17, 15) is 12.9 Å². The Kier molecular flexibility index (Phi) is 6.06. The molecule has 0 saturated heterocycles. The molecule has 0 aliphatic heterocycles. The summed E-state index contributed by atoms with van der Waals surface area (Å²) in [4.78, 5) is 0. The summed E-state index contributed by atoms with van der Waals surface area (Å²) in [6, 6.07) is 4.80. The number of halogens is 3. The number of aromatic nitrogens is 3. The van der Waals surface area contributed by atoms with E-state index in [4.69, 9.17) is 4.74 Å². The van der Waals surface area contributed by atoms with E-state index in [1.54, 1.807) is 13.2 Å². The summed E-state index contributed by atoms with van der Waals surface area (Å²) in [7, 11) is 1.70. The zero-order chi connectivity index (χ0) is 13.2. The van der Waals surface area contributed by atoms with Crippen molar-refractivity contribution in [3.63, 3.8) is 0 Å². The zero-order valence-electron chi connectivity index (χ0n) is 10.6.